The molecule has 0 fully saturated rings. The van der Waals surface area contributed by atoms with E-state index >= 15 is 0 Å². The zero-order valence-electron chi connectivity index (χ0n) is 8.74. The minimum Gasteiger partial charge on any atom is -0.494 e. The van der Waals surface area contributed by atoms with Crippen LogP contribution in [0.2, 0.25) is 0 Å². The Hall–Kier alpha value is -2.04. The average Bonchev–Trinajstić information content (AvgIpc) is 2.80. The van der Waals surface area contributed by atoms with Gasteiger partial charge in [-0.05, 0) is 12.1 Å². The predicted octanol–water partition coefficient (Wildman–Crippen LogP) is 2.43. The summed E-state index contributed by atoms with van der Waals surface area (Å²) < 4.78 is 23.0. The van der Waals surface area contributed by atoms with Gasteiger partial charge >= 0.3 is 0 Å². The monoisotopic (exact) mass is 222 g/mol. The van der Waals surface area contributed by atoms with Gasteiger partial charge in [0.15, 0.2) is 6.39 Å². The van der Waals surface area contributed by atoms with E-state index in [9.17, 15) is 4.39 Å². The topological polar surface area (TPSA) is 47.3 Å². The fraction of sp³-hybridized carbons (Fsp3) is 0.182. The molecule has 0 spiro atoms. The smallest absolute Gasteiger partial charge is 0.180 e. The lowest BCUT2D eigenvalue weighted by molar-refractivity contribution is 0.412. The van der Waals surface area contributed by atoms with Crippen LogP contribution in [0.25, 0.3) is 0 Å². The number of ether oxygens (including phenoxy) is 1. The molecule has 1 heterocycles. The van der Waals surface area contributed by atoms with Crippen molar-refractivity contribution in [3.05, 3.63) is 42.4 Å². The summed E-state index contributed by atoms with van der Waals surface area (Å²) in [4.78, 5) is 3.79. The van der Waals surface area contributed by atoms with Gasteiger partial charge in [-0.2, -0.15) is 0 Å². The molecule has 2 rings (SSSR count). The number of anilines is 1. The molecule has 0 saturated carbocycles. The van der Waals surface area contributed by atoms with Gasteiger partial charge in [0.2, 0.25) is 0 Å². The molecule has 0 amide bonds. The third-order valence-electron chi connectivity index (χ3n) is 2.10. The van der Waals surface area contributed by atoms with E-state index in [-0.39, 0.29) is 5.82 Å². The first kappa shape index (κ1) is 10.5. The summed E-state index contributed by atoms with van der Waals surface area (Å²) in [7, 11) is 1.49. The second-order valence-corrected chi connectivity index (χ2v) is 3.17. The molecule has 0 radical (unpaired) electrons. The number of oxazole rings is 1. The van der Waals surface area contributed by atoms with E-state index in [4.69, 9.17) is 9.15 Å². The molecule has 84 valence electrons. The van der Waals surface area contributed by atoms with Crippen molar-refractivity contribution in [1.29, 1.82) is 0 Å². The molecule has 0 saturated heterocycles. The first-order valence-electron chi connectivity index (χ1n) is 4.74. The van der Waals surface area contributed by atoms with Crippen LogP contribution in [0.1, 0.15) is 5.76 Å². The summed E-state index contributed by atoms with van der Waals surface area (Å²) in [6, 6.07) is 4.30. The fourth-order valence-corrected chi connectivity index (χ4v) is 1.32. The SMILES string of the molecule is COc1cc(F)ccc1NCc1cnco1. The van der Waals surface area contributed by atoms with Gasteiger partial charge in [0, 0.05) is 6.07 Å². The Morgan fingerprint density at radius 2 is 2.38 bits per heavy atom. The first-order chi connectivity index (χ1) is 7.79. The van der Waals surface area contributed by atoms with Gasteiger partial charge in [-0.1, -0.05) is 0 Å². The molecule has 0 unspecified atom stereocenters. The number of rotatable bonds is 4. The molecule has 5 heteroatoms. The minimum atomic E-state index is -0.331. The van der Waals surface area contributed by atoms with Crippen molar-refractivity contribution >= 4 is 5.69 Å². The number of hydrogen-bond donors (Lipinski definition) is 1. The van der Waals surface area contributed by atoms with Gasteiger partial charge in [0.25, 0.3) is 0 Å². The minimum absolute atomic E-state index is 0.331. The quantitative estimate of drug-likeness (QED) is 0.863. The van der Waals surface area contributed by atoms with Crippen molar-refractivity contribution in [3.8, 4) is 5.75 Å². The highest BCUT2D eigenvalue weighted by Crippen LogP contribution is 2.25. The highest BCUT2D eigenvalue weighted by atomic mass is 19.1. The Bertz CT molecular complexity index is 457. The second kappa shape index (κ2) is 4.65. The summed E-state index contributed by atoms with van der Waals surface area (Å²) in [6.45, 7) is 0.474. The predicted molar refractivity (Wildman–Crippen MR) is 56.8 cm³/mol. The molecule has 0 aliphatic carbocycles. The summed E-state index contributed by atoms with van der Waals surface area (Å²) in [5.41, 5.74) is 0.709. The summed E-state index contributed by atoms with van der Waals surface area (Å²) in [5, 5.41) is 3.07. The molecular weight excluding hydrogens is 211 g/mol. The van der Waals surface area contributed by atoms with Crippen LogP contribution in [-0.2, 0) is 6.54 Å². The van der Waals surface area contributed by atoms with Crippen molar-refractivity contribution < 1.29 is 13.5 Å². The number of hydrogen-bond acceptors (Lipinski definition) is 4. The zero-order valence-corrected chi connectivity index (χ0v) is 8.74. The van der Waals surface area contributed by atoms with E-state index in [0.717, 1.165) is 0 Å². The average molecular weight is 222 g/mol. The number of methoxy groups -OCH3 is 1. The third-order valence-corrected chi connectivity index (χ3v) is 2.10. The molecule has 0 aliphatic rings. The highest BCUT2D eigenvalue weighted by Gasteiger charge is 2.04. The standard InChI is InChI=1S/C11H11FN2O2/c1-15-11-4-8(12)2-3-10(11)14-6-9-5-13-7-16-9/h2-5,7,14H,6H2,1H3. The molecule has 0 bridgehead atoms. The number of nitrogens with zero attached hydrogens (tertiary/aromatic N) is 1. The fourth-order valence-electron chi connectivity index (χ4n) is 1.32. The van der Waals surface area contributed by atoms with Gasteiger partial charge < -0.3 is 14.5 Å². The van der Waals surface area contributed by atoms with Crippen LogP contribution < -0.4 is 10.1 Å². The second-order valence-electron chi connectivity index (χ2n) is 3.17. The van der Waals surface area contributed by atoms with Crippen molar-refractivity contribution in [1.82, 2.24) is 4.98 Å². The molecule has 2 aromatic rings. The third kappa shape index (κ3) is 2.31. The van der Waals surface area contributed by atoms with E-state index in [1.807, 2.05) is 0 Å². The lowest BCUT2D eigenvalue weighted by Gasteiger charge is -2.09. The molecule has 1 N–H and O–H groups in total. The Morgan fingerprint density at radius 3 is 3.06 bits per heavy atom. The summed E-state index contributed by atoms with van der Waals surface area (Å²) in [6.07, 6.45) is 2.97. The van der Waals surface area contributed by atoms with Gasteiger partial charge in [0.1, 0.15) is 17.3 Å². The van der Waals surface area contributed by atoms with Crippen LogP contribution in [0.4, 0.5) is 10.1 Å². The van der Waals surface area contributed by atoms with Gasteiger partial charge in [-0.3, -0.25) is 0 Å². The number of halogens is 1. The molecule has 0 atom stereocenters. The summed E-state index contributed by atoms with van der Waals surface area (Å²) >= 11 is 0. The van der Waals surface area contributed by atoms with Crippen LogP contribution in [0.15, 0.2) is 35.2 Å². The molecule has 16 heavy (non-hydrogen) atoms. The van der Waals surface area contributed by atoms with E-state index in [2.05, 4.69) is 10.3 Å². The van der Waals surface area contributed by atoms with Crippen molar-refractivity contribution in [2.75, 3.05) is 12.4 Å². The molecular formula is C11H11FN2O2. The first-order valence-corrected chi connectivity index (χ1v) is 4.74. The van der Waals surface area contributed by atoms with Crippen LogP contribution in [0, 0.1) is 5.82 Å². The lowest BCUT2D eigenvalue weighted by atomic mass is 10.3. The normalized spacial score (nSPS) is 10.1. The van der Waals surface area contributed by atoms with Crippen LogP contribution in [0.5, 0.6) is 5.75 Å². The van der Waals surface area contributed by atoms with Crippen LogP contribution in [-0.4, -0.2) is 12.1 Å². The van der Waals surface area contributed by atoms with Crippen molar-refractivity contribution in [2.45, 2.75) is 6.54 Å². The number of nitrogens with one attached hydrogen (secondary N) is 1. The molecule has 1 aromatic carbocycles. The number of benzene rings is 1. The van der Waals surface area contributed by atoms with Gasteiger partial charge in [-0.25, -0.2) is 9.37 Å². The largest absolute Gasteiger partial charge is 0.494 e. The van der Waals surface area contributed by atoms with E-state index in [1.54, 1.807) is 12.3 Å². The maximum atomic E-state index is 12.9. The lowest BCUT2D eigenvalue weighted by Crippen LogP contribution is -2.00. The van der Waals surface area contributed by atoms with Gasteiger partial charge in [0.05, 0.1) is 25.5 Å². The Labute approximate surface area is 92.1 Å². The summed E-state index contributed by atoms with van der Waals surface area (Å²) in [5.74, 6) is 0.827. The molecule has 0 aliphatic heterocycles. The molecule has 4 nitrogen and oxygen atoms in total. The Balaban J connectivity index is 2.09. The maximum absolute atomic E-state index is 12.9. The highest BCUT2D eigenvalue weighted by molar-refractivity contribution is 5.56. The van der Waals surface area contributed by atoms with Crippen LogP contribution in [0.3, 0.4) is 0 Å². The van der Waals surface area contributed by atoms with Crippen LogP contribution >= 0.6 is 0 Å². The Morgan fingerprint density at radius 1 is 1.50 bits per heavy atom. The van der Waals surface area contributed by atoms with Crippen molar-refractivity contribution in [2.24, 2.45) is 0 Å². The Kier molecular flexibility index (Phi) is 3.05. The van der Waals surface area contributed by atoms with Gasteiger partial charge in [-0.15, -0.1) is 0 Å². The number of aromatic nitrogens is 1. The zero-order chi connectivity index (χ0) is 11.4. The molecule has 1 aromatic heterocycles. The van der Waals surface area contributed by atoms with Crippen molar-refractivity contribution in [3.63, 3.8) is 0 Å². The van der Waals surface area contributed by atoms with E-state index in [1.165, 1.54) is 25.6 Å². The maximum Gasteiger partial charge on any atom is 0.180 e. The van der Waals surface area contributed by atoms with E-state index < -0.39 is 0 Å². The van der Waals surface area contributed by atoms with E-state index in [0.29, 0.717) is 23.7 Å².